The number of hydrogen-bond acceptors (Lipinski definition) is 14. The second-order valence-electron chi connectivity index (χ2n) is 6.41. The van der Waals surface area contributed by atoms with Gasteiger partial charge in [0.15, 0.2) is 15.0 Å². The van der Waals surface area contributed by atoms with E-state index in [-0.39, 0.29) is 57.7 Å². The van der Waals surface area contributed by atoms with Gasteiger partial charge < -0.3 is 26.2 Å². The summed E-state index contributed by atoms with van der Waals surface area (Å²) in [5.41, 5.74) is 4.56. The molecule has 33 heavy (non-hydrogen) atoms. The van der Waals surface area contributed by atoms with Crippen LogP contribution in [-0.4, -0.2) is 80.6 Å². The summed E-state index contributed by atoms with van der Waals surface area (Å²) < 4.78 is 26.1. The first kappa shape index (κ1) is 27.6. The molecule has 18 heteroatoms. The van der Waals surface area contributed by atoms with Gasteiger partial charge in [0.1, 0.15) is 11.4 Å². The molecule has 0 saturated carbocycles. The van der Waals surface area contributed by atoms with Crippen LogP contribution in [0.15, 0.2) is 27.2 Å². The van der Waals surface area contributed by atoms with Crippen molar-refractivity contribution >= 4 is 73.5 Å². The molecule has 2 amide bonds. The quantitative estimate of drug-likeness (QED) is 0.0927. The van der Waals surface area contributed by atoms with E-state index in [2.05, 4.69) is 19.8 Å². The molecule has 0 radical (unpaired) electrons. The Hall–Kier alpha value is -1.63. The van der Waals surface area contributed by atoms with Gasteiger partial charge in [0, 0.05) is 28.4 Å². The predicted molar refractivity (Wildman–Crippen MR) is 116 cm³/mol. The molecule has 2 aliphatic rings. The number of carboxylic acids is 1. The van der Waals surface area contributed by atoms with Gasteiger partial charge in [0.25, 0.3) is 11.8 Å². The van der Waals surface area contributed by atoms with Gasteiger partial charge in [0.05, 0.1) is 17.4 Å². The molecule has 1 aromatic rings. The van der Waals surface area contributed by atoms with Crippen molar-refractivity contribution in [3.63, 3.8) is 0 Å². The van der Waals surface area contributed by atoms with Crippen LogP contribution < -0.4 is 45.7 Å². The second-order valence-corrected chi connectivity index (χ2v) is 11.5. The zero-order valence-electron chi connectivity index (χ0n) is 17.1. The Kier molecular flexibility index (Phi) is 9.37. The number of nitrogens with two attached hydrogens (primary N) is 1. The fraction of sp³-hybridized carbons (Fsp3) is 0.333. The number of rotatable bonds is 8. The van der Waals surface area contributed by atoms with Crippen molar-refractivity contribution in [2.24, 2.45) is 5.16 Å². The number of anilines is 1. The van der Waals surface area contributed by atoms with E-state index in [1.54, 1.807) is 0 Å². The van der Waals surface area contributed by atoms with E-state index in [9.17, 15) is 27.9 Å². The molecule has 1 unspecified atom stereocenters. The molecule has 2 aliphatic heterocycles. The van der Waals surface area contributed by atoms with E-state index in [0.29, 0.717) is 4.91 Å². The van der Waals surface area contributed by atoms with Crippen LogP contribution in [0.5, 0.6) is 0 Å². The topological polar surface area (TPSA) is 208 Å². The maximum atomic E-state index is 12.6. The second kappa shape index (κ2) is 11.2. The summed E-state index contributed by atoms with van der Waals surface area (Å²) >= 11 is 2.95. The van der Waals surface area contributed by atoms with Crippen LogP contribution in [0.25, 0.3) is 0 Å². The molecule has 2 atom stereocenters. The number of sulfone groups is 1. The zero-order valence-corrected chi connectivity index (χ0v) is 22.4. The molecule has 3 rings (SSSR count). The van der Waals surface area contributed by atoms with Crippen LogP contribution in [0.4, 0.5) is 5.13 Å². The SMILES string of the molecule is CS(=O)(=O)C/C=C\SC1=C(C(=O)[O-])N2C(=O)C(NC(=O)/C(=N\O)c3nsc(N)n3)[C@H]2SC1.[Na+]. The van der Waals surface area contributed by atoms with Crippen molar-refractivity contribution < 1.29 is 62.7 Å². The van der Waals surface area contributed by atoms with E-state index in [0.717, 1.165) is 34.5 Å². The molecule has 1 fully saturated rings. The molecule has 3 heterocycles. The summed E-state index contributed by atoms with van der Waals surface area (Å²) in [4.78, 5) is 41.8. The fourth-order valence-corrected chi connectivity index (χ4v) is 6.07. The summed E-state index contributed by atoms with van der Waals surface area (Å²) in [6, 6.07) is -1.08. The Morgan fingerprint density at radius 3 is 2.73 bits per heavy atom. The fourth-order valence-electron chi connectivity index (χ4n) is 2.75. The smallest absolute Gasteiger partial charge is 0.543 e. The Balaban J connectivity index is 0.00000385. The Morgan fingerprint density at radius 2 is 2.18 bits per heavy atom. The van der Waals surface area contributed by atoms with Gasteiger partial charge in [-0.05, 0) is 5.41 Å². The number of oxime groups is 1. The van der Waals surface area contributed by atoms with Crippen LogP contribution in [0.3, 0.4) is 0 Å². The molecular formula is C15H15N6NaO7S4. The summed E-state index contributed by atoms with van der Waals surface area (Å²) in [7, 11) is -3.22. The number of hydrogen-bond donors (Lipinski definition) is 3. The average Bonchev–Trinajstić information content (AvgIpc) is 3.14. The van der Waals surface area contributed by atoms with E-state index < -0.39 is 44.7 Å². The summed E-state index contributed by atoms with van der Waals surface area (Å²) in [6.45, 7) is 0. The number of aromatic nitrogens is 2. The van der Waals surface area contributed by atoms with E-state index in [1.165, 1.54) is 23.2 Å². The molecule has 1 saturated heterocycles. The molecular weight excluding hydrogens is 527 g/mol. The number of nitrogen functional groups attached to an aromatic ring is 1. The van der Waals surface area contributed by atoms with Gasteiger partial charge in [0.2, 0.25) is 11.5 Å². The maximum Gasteiger partial charge on any atom is 1.00 e. The minimum atomic E-state index is -3.22. The first-order valence-electron chi connectivity index (χ1n) is 8.54. The number of carbonyl (C=O) groups is 3. The van der Waals surface area contributed by atoms with E-state index in [1.807, 2.05) is 0 Å². The van der Waals surface area contributed by atoms with Crippen molar-refractivity contribution in [2.45, 2.75) is 11.4 Å². The minimum Gasteiger partial charge on any atom is -0.543 e. The molecule has 0 bridgehead atoms. The van der Waals surface area contributed by atoms with Crippen LogP contribution >= 0.6 is 35.1 Å². The number of carboxylic acid groups (broad SMARTS) is 1. The van der Waals surface area contributed by atoms with E-state index in [4.69, 9.17) is 10.9 Å². The number of thioether (sulfide) groups is 2. The van der Waals surface area contributed by atoms with E-state index >= 15 is 0 Å². The van der Waals surface area contributed by atoms with Crippen molar-refractivity contribution in [2.75, 3.05) is 23.5 Å². The molecule has 4 N–H and O–H groups in total. The minimum absolute atomic E-state index is 0. The van der Waals surface area contributed by atoms with Crippen LogP contribution in [-0.2, 0) is 24.2 Å². The van der Waals surface area contributed by atoms with Crippen molar-refractivity contribution in [1.82, 2.24) is 19.6 Å². The Bertz CT molecular complexity index is 1170. The van der Waals surface area contributed by atoms with Gasteiger partial charge in [-0.2, -0.15) is 9.36 Å². The summed E-state index contributed by atoms with van der Waals surface area (Å²) in [6.07, 6.45) is 2.43. The van der Waals surface area contributed by atoms with Gasteiger partial charge in [-0.25, -0.2) is 8.42 Å². The van der Waals surface area contributed by atoms with Gasteiger partial charge in [-0.3, -0.25) is 14.5 Å². The average molecular weight is 543 g/mol. The Labute approximate surface area is 222 Å². The number of nitrogens with one attached hydrogen (secondary N) is 1. The number of amides is 2. The zero-order chi connectivity index (χ0) is 23.6. The van der Waals surface area contributed by atoms with Gasteiger partial charge >= 0.3 is 29.6 Å². The maximum absolute atomic E-state index is 12.6. The molecule has 0 aliphatic carbocycles. The van der Waals surface area contributed by atoms with Crippen LogP contribution in [0.2, 0.25) is 0 Å². The van der Waals surface area contributed by atoms with Gasteiger partial charge in [-0.15, -0.1) is 11.8 Å². The van der Waals surface area contributed by atoms with Crippen molar-refractivity contribution in [1.29, 1.82) is 0 Å². The molecule has 1 aromatic heterocycles. The number of nitrogens with zero attached hydrogens (tertiary/aromatic N) is 4. The number of β-lactam (4-membered cyclic amide) rings is 1. The monoisotopic (exact) mass is 542 g/mol. The normalized spacial score (nSPS) is 20.8. The Morgan fingerprint density at radius 1 is 1.48 bits per heavy atom. The standard InChI is InChI=1S/C15H16N6O7S4.Na/c1-32(27,28)4-2-3-29-6-5-30-13-8(12(23)21(13)9(6)14(24)25)17-11(22)7(19-26)10-18-15(16)31-20-10;/h2-3,8,13,26H,4-5H2,1H3,(H,17,22)(H,24,25)(H2,16,18,20);/q;+1/p-1/b3-2-,19-7-;/t8?,13-;/m1./s1. The first-order chi connectivity index (χ1) is 15.0. The van der Waals surface area contributed by atoms with Crippen molar-refractivity contribution in [3.8, 4) is 0 Å². The van der Waals surface area contributed by atoms with Gasteiger partial charge in [-0.1, -0.05) is 23.0 Å². The molecule has 13 nitrogen and oxygen atoms in total. The van der Waals surface area contributed by atoms with Crippen LogP contribution in [0.1, 0.15) is 5.82 Å². The largest absolute Gasteiger partial charge is 1.00 e. The summed E-state index contributed by atoms with van der Waals surface area (Å²) in [5, 5.41) is 26.8. The third-order valence-electron chi connectivity index (χ3n) is 4.09. The number of fused-ring (bicyclic) bond motifs is 1. The van der Waals surface area contributed by atoms with Crippen LogP contribution in [0, 0.1) is 0 Å². The molecule has 0 aromatic carbocycles. The molecule has 0 spiro atoms. The third-order valence-corrected chi connectivity index (χ3v) is 7.84. The summed E-state index contributed by atoms with van der Waals surface area (Å²) in [5.74, 6) is -3.46. The number of aliphatic carboxylic acids is 1. The first-order valence-corrected chi connectivity index (χ1v) is 13.3. The number of carbonyl (C=O) groups excluding carboxylic acids is 3. The van der Waals surface area contributed by atoms with Crippen molar-refractivity contribution in [3.05, 3.63) is 27.9 Å². The molecule has 172 valence electrons. The predicted octanol–water partition coefficient (Wildman–Crippen LogP) is -5.04. The third kappa shape index (κ3) is 6.28.